The van der Waals surface area contributed by atoms with Crippen molar-refractivity contribution in [1.29, 1.82) is 0 Å². The molecule has 0 aliphatic heterocycles. The van der Waals surface area contributed by atoms with Crippen LogP contribution in [0.2, 0.25) is 0 Å². The number of amides is 2. The third kappa shape index (κ3) is 5.50. The highest BCUT2D eigenvalue weighted by Crippen LogP contribution is 2.15. The number of alkyl halides is 3. The minimum absolute atomic E-state index is 0.195. The molecule has 1 aromatic rings. The molecule has 0 saturated heterocycles. The van der Waals surface area contributed by atoms with Crippen LogP contribution in [0, 0.1) is 0 Å². The van der Waals surface area contributed by atoms with Crippen LogP contribution in [0.5, 0.6) is 5.75 Å². The molecule has 0 heterocycles. The summed E-state index contributed by atoms with van der Waals surface area (Å²) in [5, 5.41) is 1.80. The summed E-state index contributed by atoms with van der Waals surface area (Å²) in [4.78, 5) is 12.6. The van der Waals surface area contributed by atoms with E-state index in [0.29, 0.717) is 5.75 Å². The summed E-state index contributed by atoms with van der Waals surface area (Å²) >= 11 is 0. The molecule has 106 valence electrons. The number of ether oxygens (including phenoxy) is 1. The van der Waals surface area contributed by atoms with E-state index in [1.807, 2.05) is 0 Å². The predicted octanol–water partition coefficient (Wildman–Crippen LogP) is 2.40. The molecule has 0 radical (unpaired) electrons. The van der Waals surface area contributed by atoms with E-state index in [1.165, 1.54) is 19.1 Å². The zero-order valence-electron chi connectivity index (χ0n) is 10.6. The Balaban J connectivity index is 2.53. The van der Waals surface area contributed by atoms with Crippen LogP contribution >= 0.6 is 0 Å². The zero-order valence-corrected chi connectivity index (χ0v) is 10.6. The SMILES string of the molecule is COc1cccc(CN(C)C(=O)NCC(F)(F)F)c1. The normalized spacial score (nSPS) is 11.0. The molecular formula is C12H15F3N2O2. The largest absolute Gasteiger partial charge is 0.497 e. The minimum Gasteiger partial charge on any atom is -0.497 e. The second kappa shape index (κ2) is 6.31. The smallest absolute Gasteiger partial charge is 0.405 e. The molecule has 1 rings (SSSR count). The lowest BCUT2D eigenvalue weighted by Gasteiger charge is -2.19. The van der Waals surface area contributed by atoms with Crippen molar-refractivity contribution in [2.24, 2.45) is 0 Å². The first-order valence-electron chi connectivity index (χ1n) is 5.50. The Morgan fingerprint density at radius 1 is 1.42 bits per heavy atom. The standard InChI is InChI=1S/C12H15F3N2O2/c1-17(11(18)16-8-12(13,14)15)7-9-4-3-5-10(6-9)19-2/h3-6H,7-8H2,1-2H3,(H,16,18). The number of benzene rings is 1. The van der Waals surface area contributed by atoms with Gasteiger partial charge in [-0.2, -0.15) is 13.2 Å². The number of nitrogens with one attached hydrogen (secondary N) is 1. The van der Waals surface area contributed by atoms with Gasteiger partial charge in [0.2, 0.25) is 0 Å². The summed E-state index contributed by atoms with van der Waals surface area (Å²) < 4.78 is 40.9. The molecule has 7 heteroatoms. The first kappa shape index (κ1) is 15.1. The zero-order chi connectivity index (χ0) is 14.5. The number of urea groups is 1. The van der Waals surface area contributed by atoms with Gasteiger partial charge in [0.25, 0.3) is 0 Å². The number of hydrogen-bond acceptors (Lipinski definition) is 2. The molecule has 2 amide bonds. The summed E-state index contributed by atoms with van der Waals surface area (Å²) in [6, 6.07) is 6.19. The Kier molecular flexibility index (Phi) is 5.02. The topological polar surface area (TPSA) is 41.6 Å². The maximum Gasteiger partial charge on any atom is 0.405 e. The Bertz CT molecular complexity index is 435. The molecule has 0 saturated carbocycles. The molecule has 0 bridgehead atoms. The minimum atomic E-state index is -4.41. The average Bonchev–Trinajstić information content (AvgIpc) is 2.35. The van der Waals surface area contributed by atoms with Crippen LogP contribution in [-0.4, -0.2) is 37.8 Å². The lowest BCUT2D eigenvalue weighted by molar-refractivity contribution is -0.123. The molecule has 0 fully saturated rings. The second-order valence-corrected chi connectivity index (χ2v) is 3.98. The van der Waals surface area contributed by atoms with E-state index in [1.54, 1.807) is 29.6 Å². The fraction of sp³-hybridized carbons (Fsp3) is 0.417. The van der Waals surface area contributed by atoms with Crippen LogP contribution in [0.15, 0.2) is 24.3 Å². The van der Waals surface area contributed by atoms with Crippen molar-refractivity contribution in [3.63, 3.8) is 0 Å². The van der Waals surface area contributed by atoms with Gasteiger partial charge in [0, 0.05) is 13.6 Å². The summed E-state index contributed by atoms with van der Waals surface area (Å²) in [6.07, 6.45) is -4.41. The van der Waals surface area contributed by atoms with Gasteiger partial charge in [-0.3, -0.25) is 0 Å². The van der Waals surface area contributed by atoms with Gasteiger partial charge in [0.1, 0.15) is 12.3 Å². The van der Waals surface area contributed by atoms with Crippen molar-refractivity contribution in [3.05, 3.63) is 29.8 Å². The number of rotatable bonds is 4. The lowest BCUT2D eigenvalue weighted by atomic mass is 10.2. The molecule has 0 aromatic heterocycles. The van der Waals surface area contributed by atoms with E-state index < -0.39 is 18.8 Å². The van der Waals surface area contributed by atoms with Crippen molar-refractivity contribution >= 4 is 6.03 Å². The molecular weight excluding hydrogens is 261 g/mol. The predicted molar refractivity (Wildman–Crippen MR) is 63.9 cm³/mol. The van der Waals surface area contributed by atoms with Gasteiger partial charge < -0.3 is 15.0 Å². The molecule has 0 aliphatic carbocycles. The van der Waals surface area contributed by atoms with Gasteiger partial charge in [0.15, 0.2) is 0 Å². The first-order chi connectivity index (χ1) is 8.81. The summed E-state index contributed by atoms with van der Waals surface area (Å²) in [7, 11) is 2.93. The monoisotopic (exact) mass is 276 g/mol. The average molecular weight is 276 g/mol. The van der Waals surface area contributed by atoms with Gasteiger partial charge in [-0.1, -0.05) is 12.1 Å². The Labute approximate surface area is 109 Å². The van der Waals surface area contributed by atoms with Gasteiger partial charge in [-0.25, -0.2) is 4.79 Å². The number of methoxy groups -OCH3 is 1. The van der Waals surface area contributed by atoms with Crippen molar-refractivity contribution in [3.8, 4) is 5.75 Å². The van der Waals surface area contributed by atoms with E-state index in [0.717, 1.165) is 5.56 Å². The highest BCUT2D eigenvalue weighted by molar-refractivity contribution is 5.73. The summed E-state index contributed by atoms with van der Waals surface area (Å²) in [5.41, 5.74) is 0.768. The number of halogens is 3. The molecule has 4 nitrogen and oxygen atoms in total. The lowest BCUT2D eigenvalue weighted by Crippen LogP contribution is -2.41. The second-order valence-electron chi connectivity index (χ2n) is 3.98. The highest BCUT2D eigenvalue weighted by atomic mass is 19.4. The van der Waals surface area contributed by atoms with Gasteiger partial charge in [0.05, 0.1) is 7.11 Å². The molecule has 1 N–H and O–H groups in total. The van der Waals surface area contributed by atoms with Crippen molar-refractivity contribution in [2.45, 2.75) is 12.7 Å². The maximum absolute atomic E-state index is 12.0. The van der Waals surface area contributed by atoms with E-state index in [2.05, 4.69) is 0 Å². The van der Waals surface area contributed by atoms with Crippen LogP contribution in [0.4, 0.5) is 18.0 Å². The molecule has 0 atom stereocenters. The van der Waals surface area contributed by atoms with Crippen LogP contribution in [-0.2, 0) is 6.54 Å². The fourth-order valence-electron chi connectivity index (χ4n) is 1.43. The molecule has 0 aliphatic rings. The quantitative estimate of drug-likeness (QED) is 0.917. The van der Waals surface area contributed by atoms with Crippen LogP contribution in [0.1, 0.15) is 5.56 Å². The summed E-state index contributed by atoms with van der Waals surface area (Å²) in [5.74, 6) is 0.626. The van der Waals surface area contributed by atoms with Crippen LogP contribution in [0.3, 0.4) is 0 Å². The van der Waals surface area contributed by atoms with Crippen molar-refractivity contribution in [2.75, 3.05) is 20.7 Å². The van der Waals surface area contributed by atoms with Crippen LogP contribution in [0.25, 0.3) is 0 Å². The third-order valence-electron chi connectivity index (χ3n) is 2.34. The number of nitrogens with zero attached hydrogens (tertiary/aromatic N) is 1. The van der Waals surface area contributed by atoms with E-state index >= 15 is 0 Å². The molecule has 0 spiro atoms. The number of hydrogen-bond donors (Lipinski definition) is 1. The Morgan fingerprint density at radius 2 is 2.11 bits per heavy atom. The highest BCUT2D eigenvalue weighted by Gasteiger charge is 2.28. The van der Waals surface area contributed by atoms with E-state index in [9.17, 15) is 18.0 Å². The molecule has 1 aromatic carbocycles. The Morgan fingerprint density at radius 3 is 2.68 bits per heavy atom. The maximum atomic E-state index is 12.0. The van der Waals surface area contributed by atoms with Gasteiger partial charge >= 0.3 is 12.2 Å². The van der Waals surface area contributed by atoms with Crippen molar-refractivity contribution < 1.29 is 22.7 Å². The number of carbonyl (C=O) groups is 1. The fourth-order valence-corrected chi connectivity index (χ4v) is 1.43. The van der Waals surface area contributed by atoms with Gasteiger partial charge in [-0.15, -0.1) is 0 Å². The summed E-state index contributed by atoms with van der Waals surface area (Å²) in [6.45, 7) is -1.14. The van der Waals surface area contributed by atoms with E-state index in [-0.39, 0.29) is 6.54 Å². The van der Waals surface area contributed by atoms with Crippen molar-refractivity contribution in [1.82, 2.24) is 10.2 Å². The third-order valence-corrected chi connectivity index (χ3v) is 2.34. The molecule has 0 unspecified atom stereocenters. The molecule has 19 heavy (non-hydrogen) atoms. The van der Waals surface area contributed by atoms with E-state index in [4.69, 9.17) is 4.74 Å². The first-order valence-corrected chi connectivity index (χ1v) is 5.50. The van der Waals surface area contributed by atoms with Crippen LogP contribution < -0.4 is 10.1 Å². The van der Waals surface area contributed by atoms with Gasteiger partial charge in [-0.05, 0) is 17.7 Å². The Hall–Kier alpha value is -1.92. The number of carbonyl (C=O) groups excluding carboxylic acids is 1.